The molecule has 6 heteroatoms. The average molecular weight is 300 g/mol. The van der Waals surface area contributed by atoms with Gasteiger partial charge in [-0.2, -0.15) is 0 Å². The van der Waals surface area contributed by atoms with E-state index in [1.807, 2.05) is 0 Å². The van der Waals surface area contributed by atoms with Crippen molar-refractivity contribution in [3.8, 4) is 5.75 Å². The summed E-state index contributed by atoms with van der Waals surface area (Å²) in [6, 6.07) is 11.0. The molecule has 2 amide bonds. The molecule has 0 aliphatic carbocycles. The van der Waals surface area contributed by atoms with Gasteiger partial charge in [0.25, 0.3) is 0 Å². The largest absolute Gasteiger partial charge is 0.497 e. The highest BCUT2D eigenvalue weighted by molar-refractivity contribution is 6.00. The second-order valence-electron chi connectivity index (χ2n) is 4.64. The Morgan fingerprint density at radius 1 is 1.05 bits per heavy atom. The van der Waals surface area contributed by atoms with Gasteiger partial charge in [0.1, 0.15) is 5.75 Å². The second kappa shape index (κ2) is 6.62. The van der Waals surface area contributed by atoms with Gasteiger partial charge >= 0.3 is 12.0 Å². The topological polar surface area (TPSA) is 87.7 Å². The van der Waals surface area contributed by atoms with Crippen LogP contribution in [-0.2, 0) is 0 Å². The molecule has 0 spiro atoms. The molecule has 0 radical (unpaired) electrons. The van der Waals surface area contributed by atoms with Gasteiger partial charge in [0, 0.05) is 11.4 Å². The van der Waals surface area contributed by atoms with Gasteiger partial charge in [0.15, 0.2) is 0 Å². The van der Waals surface area contributed by atoms with Gasteiger partial charge in [-0.15, -0.1) is 0 Å². The van der Waals surface area contributed by atoms with Crippen LogP contribution >= 0.6 is 0 Å². The number of nitrogens with one attached hydrogen (secondary N) is 2. The molecular weight excluding hydrogens is 284 g/mol. The molecule has 114 valence electrons. The van der Waals surface area contributed by atoms with E-state index in [2.05, 4.69) is 10.6 Å². The van der Waals surface area contributed by atoms with Gasteiger partial charge in [0.2, 0.25) is 0 Å². The van der Waals surface area contributed by atoms with Gasteiger partial charge in [-0.25, -0.2) is 9.59 Å². The van der Waals surface area contributed by atoms with Crippen molar-refractivity contribution in [3.63, 3.8) is 0 Å². The van der Waals surface area contributed by atoms with E-state index >= 15 is 0 Å². The molecule has 6 nitrogen and oxygen atoms in total. The Morgan fingerprint density at radius 3 is 2.27 bits per heavy atom. The molecule has 2 rings (SSSR count). The first kappa shape index (κ1) is 15.4. The number of carboxylic acid groups (broad SMARTS) is 1. The van der Waals surface area contributed by atoms with E-state index in [0.29, 0.717) is 22.7 Å². The maximum Gasteiger partial charge on any atom is 0.335 e. The summed E-state index contributed by atoms with van der Waals surface area (Å²) in [7, 11) is 1.57. The van der Waals surface area contributed by atoms with Crippen LogP contribution in [0.3, 0.4) is 0 Å². The molecule has 0 saturated carbocycles. The summed E-state index contributed by atoms with van der Waals surface area (Å²) in [5.41, 5.74) is 2.03. The molecule has 0 bridgehead atoms. The van der Waals surface area contributed by atoms with E-state index in [1.165, 1.54) is 12.1 Å². The van der Waals surface area contributed by atoms with Crippen molar-refractivity contribution in [2.45, 2.75) is 6.92 Å². The maximum absolute atomic E-state index is 11.9. The van der Waals surface area contributed by atoms with Crippen LogP contribution < -0.4 is 15.4 Å². The number of aromatic carboxylic acids is 1. The van der Waals surface area contributed by atoms with Crippen molar-refractivity contribution in [1.29, 1.82) is 0 Å². The fourth-order valence-corrected chi connectivity index (χ4v) is 1.90. The van der Waals surface area contributed by atoms with Gasteiger partial charge in [0.05, 0.1) is 12.7 Å². The number of methoxy groups -OCH3 is 1. The van der Waals surface area contributed by atoms with E-state index in [9.17, 15) is 9.59 Å². The number of hydrogen-bond acceptors (Lipinski definition) is 3. The first-order valence-corrected chi connectivity index (χ1v) is 6.55. The number of urea groups is 1. The van der Waals surface area contributed by atoms with Crippen molar-refractivity contribution in [3.05, 3.63) is 53.6 Å². The van der Waals surface area contributed by atoms with E-state index < -0.39 is 12.0 Å². The standard InChI is InChI=1S/C16H16N2O4/c1-10-9-11(15(19)20)3-8-14(10)18-16(21)17-12-4-6-13(22-2)7-5-12/h3-9H,1-2H3,(H,19,20)(H2,17,18,21). The Kier molecular flexibility index (Phi) is 4.63. The Hall–Kier alpha value is -3.02. The minimum absolute atomic E-state index is 0.179. The number of aryl methyl sites for hydroxylation is 1. The van der Waals surface area contributed by atoms with Crippen LogP contribution in [0.25, 0.3) is 0 Å². The monoisotopic (exact) mass is 300 g/mol. The lowest BCUT2D eigenvalue weighted by Crippen LogP contribution is -2.20. The average Bonchev–Trinajstić information content (AvgIpc) is 2.50. The number of carboxylic acids is 1. The van der Waals surface area contributed by atoms with Crippen LogP contribution in [-0.4, -0.2) is 24.2 Å². The lowest BCUT2D eigenvalue weighted by atomic mass is 10.1. The van der Waals surface area contributed by atoms with Crippen LogP contribution in [0.5, 0.6) is 5.75 Å². The molecule has 0 aromatic heterocycles. The number of amides is 2. The molecule has 0 heterocycles. The molecule has 2 aromatic carbocycles. The van der Waals surface area contributed by atoms with E-state index in [1.54, 1.807) is 44.4 Å². The van der Waals surface area contributed by atoms with Gasteiger partial charge < -0.3 is 20.5 Å². The van der Waals surface area contributed by atoms with Crippen molar-refractivity contribution in [2.24, 2.45) is 0 Å². The lowest BCUT2D eigenvalue weighted by Gasteiger charge is -2.11. The van der Waals surface area contributed by atoms with E-state index in [0.717, 1.165) is 0 Å². The third-order valence-electron chi connectivity index (χ3n) is 3.07. The molecule has 0 unspecified atom stereocenters. The zero-order valence-electron chi connectivity index (χ0n) is 12.2. The Morgan fingerprint density at radius 2 is 1.73 bits per heavy atom. The van der Waals surface area contributed by atoms with Gasteiger partial charge in [-0.05, 0) is 55.0 Å². The van der Waals surface area contributed by atoms with Crippen molar-refractivity contribution < 1.29 is 19.4 Å². The van der Waals surface area contributed by atoms with E-state index in [4.69, 9.17) is 9.84 Å². The summed E-state index contributed by atoms with van der Waals surface area (Å²) >= 11 is 0. The molecule has 0 aliphatic heterocycles. The predicted molar refractivity (Wildman–Crippen MR) is 83.8 cm³/mol. The maximum atomic E-state index is 11.9. The van der Waals surface area contributed by atoms with Crippen LogP contribution in [0.2, 0.25) is 0 Å². The quantitative estimate of drug-likeness (QED) is 0.808. The number of rotatable bonds is 4. The molecule has 0 fully saturated rings. The summed E-state index contributed by atoms with van der Waals surface area (Å²) < 4.78 is 5.04. The zero-order valence-corrected chi connectivity index (χ0v) is 12.2. The summed E-state index contributed by atoms with van der Waals surface area (Å²) in [5.74, 6) is -0.302. The first-order chi connectivity index (χ1) is 10.5. The molecule has 22 heavy (non-hydrogen) atoms. The van der Waals surface area contributed by atoms with Gasteiger partial charge in [-0.3, -0.25) is 0 Å². The molecule has 0 saturated heterocycles. The SMILES string of the molecule is COc1ccc(NC(=O)Nc2ccc(C(=O)O)cc2C)cc1. The predicted octanol–water partition coefficient (Wildman–Crippen LogP) is 3.35. The Labute approximate surface area is 127 Å². The normalized spacial score (nSPS) is 9.91. The highest BCUT2D eigenvalue weighted by Gasteiger charge is 2.08. The second-order valence-corrected chi connectivity index (χ2v) is 4.64. The Bertz CT molecular complexity index is 696. The van der Waals surface area contributed by atoms with Crippen molar-refractivity contribution in [1.82, 2.24) is 0 Å². The van der Waals surface area contributed by atoms with Crippen LogP contribution in [0.4, 0.5) is 16.2 Å². The van der Waals surface area contributed by atoms with Crippen LogP contribution in [0, 0.1) is 6.92 Å². The van der Waals surface area contributed by atoms with Crippen molar-refractivity contribution >= 4 is 23.4 Å². The Balaban J connectivity index is 2.03. The molecule has 3 N–H and O–H groups in total. The van der Waals surface area contributed by atoms with Crippen LogP contribution in [0.15, 0.2) is 42.5 Å². The van der Waals surface area contributed by atoms with Crippen molar-refractivity contribution in [2.75, 3.05) is 17.7 Å². The van der Waals surface area contributed by atoms with Crippen LogP contribution in [0.1, 0.15) is 15.9 Å². The summed E-state index contributed by atoms with van der Waals surface area (Å²) in [4.78, 5) is 22.8. The molecule has 2 aromatic rings. The fraction of sp³-hybridized carbons (Fsp3) is 0.125. The number of hydrogen-bond donors (Lipinski definition) is 3. The number of ether oxygens (including phenoxy) is 1. The number of anilines is 2. The lowest BCUT2D eigenvalue weighted by molar-refractivity contribution is 0.0697. The number of benzene rings is 2. The molecular formula is C16H16N2O4. The smallest absolute Gasteiger partial charge is 0.335 e. The highest BCUT2D eigenvalue weighted by Crippen LogP contribution is 2.18. The zero-order chi connectivity index (χ0) is 16.1. The number of carbonyl (C=O) groups excluding carboxylic acids is 1. The minimum atomic E-state index is -1.00. The third kappa shape index (κ3) is 3.76. The minimum Gasteiger partial charge on any atom is -0.497 e. The molecule has 0 aliphatic rings. The summed E-state index contributed by atoms with van der Waals surface area (Å²) in [6.45, 7) is 1.73. The van der Waals surface area contributed by atoms with E-state index in [-0.39, 0.29) is 5.56 Å². The summed E-state index contributed by atoms with van der Waals surface area (Å²) in [5, 5.41) is 14.3. The first-order valence-electron chi connectivity index (χ1n) is 6.55. The third-order valence-corrected chi connectivity index (χ3v) is 3.07. The number of carbonyl (C=O) groups is 2. The van der Waals surface area contributed by atoms with Gasteiger partial charge in [-0.1, -0.05) is 0 Å². The fourth-order valence-electron chi connectivity index (χ4n) is 1.90. The summed E-state index contributed by atoms with van der Waals surface area (Å²) in [6.07, 6.45) is 0. The highest BCUT2D eigenvalue weighted by atomic mass is 16.5. The molecule has 0 atom stereocenters.